The molecule has 1 fully saturated rings. The molecule has 1 aromatic carbocycles. The van der Waals surface area contributed by atoms with Crippen LogP contribution < -0.4 is 0 Å². The number of hydrogen-bond donors (Lipinski definition) is 0. The summed E-state index contributed by atoms with van der Waals surface area (Å²) in [6, 6.07) is 7.83. The Bertz CT molecular complexity index is 306. The Morgan fingerprint density at radius 3 is 2.42 bits per heavy atom. The topological polar surface area (TPSA) is 12.5 Å². The minimum absolute atomic E-state index is 0.0228. The summed E-state index contributed by atoms with van der Waals surface area (Å²) in [5, 5.41) is 0.799. The predicted octanol–water partition coefficient (Wildman–Crippen LogP) is 3.19. The maximum atomic E-state index is 6.01. The standard InChI is InChI=1S/C10H11ClO/c1-10(2)9(12-10)7-5-3-4-6-8(7)11/h3-6,9H,1-2H3. The third-order valence-corrected chi connectivity index (χ3v) is 2.53. The van der Waals surface area contributed by atoms with Crippen LogP contribution in [0.15, 0.2) is 24.3 Å². The highest BCUT2D eigenvalue weighted by molar-refractivity contribution is 6.31. The van der Waals surface area contributed by atoms with Crippen molar-refractivity contribution in [2.75, 3.05) is 0 Å². The van der Waals surface area contributed by atoms with E-state index in [1.54, 1.807) is 0 Å². The van der Waals surface area contributed by atoms with Gasteiger partial charge in [-0.15, -0.1) is 0 Å². The van der Waals surface area contributed by atoms with E-state index in [0.29, 0.717) is 0 Å². The van der Waals surface area contributed by atoms with Crippen molar-refractivity contribution >= 4 is 11.6 Å². The molecule has 0 amide bonds. The summed E-state index contributed by atoms with van der Waals surface area (Å²) < 4.78 is 5.49. The molecule has 1 aromatic rings. The van der Waals surface area contributed by atoms with Gasteiger partial charge in [-0.05, 0) is 19.9 Å². The smallest absolute Gasteiger partial charge is 0.113 e. The highest BCUT2D eigenvalue weighted by atomic mass is 35.5. The number of halogens is 1. The van der Waals surface area contributed by atoms with Gasteiger partial charge in [0.2, 0.25) is 0 Å². The van der Waals surface area contributed by atoms with E-state index in [1.807, 2.05) is 24.3 Å². The van der Waals surface area contributed by atoms with Crippen molar-refractivity contribution in [3.8, 4) is 0 Å². The van der Waals surface area contributed by atoms with Gasteiger partial charge in [0, 0.05) is 10.6 Å². The SMILES string of the molecule is CC1(C)OC1c1ccccc1Cl. The normalized spacial score (nSPS) is 25.4. The van der Waals surface area contributed by atoms with E-state index in [0.717, 1.165) is 10.6 Å². The fourth-order valence-electron chi connectivity index (χ4n) is 1.40. The molecule has 1 saturated heterocycles. The highest BCUT2D eigenvalue weighted by Crippen LogP contribution is 2.50. The van der Waals surface area contributed by atoms with E-state index in [4.69, 9.17) is 16.3 Å². The number of hydrogen-bond acceptors (Lipinski definition) is 1. The Hall–Kier alpha value is -0.530. The second-order valence-corrected chi connectivity index (χ2v) is 4.03. The molecule has 64 valence electrons. The zero-order valence-electron chi connectivity index (χ0n) is 7.17. The van der Waals surface area contributed by atoms with Crippen molar-refractivity contribution in [3.63, 3.8) is 0 Å². The third kappa shape index (κ3) is 1.23. The van der Waals surface area contributed by atoms with Gasteiger partial charge in [-0.25, -0.2) is 0 Å². The second-order valence-electron chi connectivity index (χ2n) is 3.62. The molecular weight excluding hydrogens is 172 g/mol. The molecule has 1 unspecified atom stereocenters. The first-order valence-corrected chi connectivity index (χ1v) is 4.41. The Morgan fingerprint density at radius 1 is 1.33 bits per heavy atom. The summed E-state index contributed by atoms with van der Waals surface area (Å²) in [5.41, 5.74) is 1.08. The average molecular weight is 183 g/mol. The Balaban J connectivity index is 2.31. The largest absolute Gasteiger partial charge is 0.362 e. The molecule has 1 nitrogen and oxygen atoms in total. The van der Waals surface area contributed by atoms with Gasteiger partial charge in [-0.2, -0.15) is 0 Å². The van der Waals surface area contributed by atoms with Crippen LogP contribution in [0.3, 0.4) is 0 Å². The van der Waals surface area contributed by atoms with Crippen molar-refractivity contribution in [2.24, 2.45) is 0 Å². The van der Waals surface area contributed by atoms with E-state index in [9.17, 15) is 0 Å². The summed E-state index contributed by atoms with van der Waals surface area (Å²) in [6.07, 6.45) is 0.186. The van der Waals surface area contributed by atoms with Crippen molar-refractivity contribution in [2.45, 2.75) is 25.6 Å². The number of epoxide rings is 1. The predicted molar refractivity (Wildman–Crippen MR) is 49.4 cm³/mol. The van der Waals surface area contributed by atoms with E-state index < -0.39 is 0 Å². The second kappa shape index (κ2) is 2.48. The van der Waals surface area contributed by atoms with E-state index in [2.05, 4.69) is 13.8 Å². The van der Waals surface area contributed by atoms with Gasteiger partial charge in [0.1, 0.15) is 6.10 Å². The molecule has 0 aromatic heterocycles. The van der Waals surface area contributed by atoms with Crippen LogP contribution in [-0.2, 0) is 4.74 Å². The minimum Gasteiger partial charge on any atom is -0.362 e. The van der Waals surface area contributed by atoms with Crippen LogP contribution in [0.5, 0.6) is 0 Å². The maximum Gasteiger partial charge on any atom is 0.113 e. The molecule has 1 atom stereocenters. The van der Waals surface area contributed by atoms with Crippen molar-refractivity contribution in [3.05, 3.63) is 34.9 Å². The average Bonchev–Trinajstić information content (AvgIpc) is 2.61. The molecule has 12 heavy (non-hydrogen) atoms. The molecule has 0 aliphatic carbocycles. The van der Waals surface area contributed by atoms with Crippen LogP contribution >= 0.6 is 11.6 Å². The van der Waals surface area contributed by atoms with E-state index in [1.165, 1.54) is 0 Å². The van der Waals surface area contributed by atoms with Crippen LogP contribution in [0.1, 0.15) is 25.5 Å². The summed E-state index contributed by atoms with van der Waals surface area (Å²) >= 11 is 6.01. The van der Waals surface area contributed by atoms with Gasteiger partial charge in [0.15, 0.2) is 0 Å². The third-order valence-electron chi connectivity index (χ3n) is 2.18. The monoisotopic (exact) mass is 182 g/mol. The molecule has 1 heterocycles. The first-order valence-electron chi connectivity index (χ1n) is 4.03. The molecule has 1 aliphatic heterocycles. The lowest BCUT2D eigenvalue weighted by molar-refractivity contribution is 0.325. The molecule has 2 heteroatoms. The van der Waals surface area contributed by atoms with Crippen LogP contribution in [0.4, 0.5) is 0 Å². The van der Waals surface area contributed by atoms with Crippen LogP contribution in [0.25, 0.3) is 0 Å². The minimum atomic E-state index is -0.0228. The van der Waals surface area contributed by atoms with Gasteiger partial charge < -0.3 is 4.74 Å². The Kier molecular flexibility index (Phi) is 1.67. The fraction of sp³-hybridized carbons (Fsp3) is 0.400. The zero-order chi connectivity index (χ0) is 8.77. The molecule has 0 bridgehead atoms. The summed E-state index contributed by atoms with van der Waals surface area (Å²) in [5.74, 6) is 0. The van der Waals surface area contributed by atoms with Gasteiger partial charge in [0.05, 0.1) is 5.60 Å². The highest BCUT2D eigenvalue weighted by Gasteiger charge is 2.49. The molecule has 0 saturated carbocycles. The Labute approximate surface area is 77.3 Å². The lowest BCUT2D eigenvalue weighted by Crippen LogP contribution is -1.97. The summed E-state index contributed by atoms with van der Waals surface area (Å²) in [6.45, 7) is 4.14. The quantitative estimate of drug-likeness (QED) is 0.608. The van der Waals surface area contributed by atoms with Gasteiger partial charge >= 0.3 is 0 Å². The summed E-state index contributed by atoms with van der Waals surface area (Å²) in [4.78, 5) is 0. The molecule has 2 rings (SSSR count). The van der Waals surface area contributed by atoms with E-state index in [-0.39, 0.29) is 11.7 Å². The van der Waals surface area contributed by atoms with Crippen LogP contribution in [0.2, 0.25) is 5.02 Å². The lowest BCUT2D eigenvalue weighted by Gasteiger charge is -1.99. The van der Waals surface area contributed by atoms with Crippen molar-refractivity contribution in [1.82, 2.24) is 0 Å². The summed E-state index contributed by atoms with van der Waals surface area (Å²) in [7, 11) is 0. The van der Waals surface area contributed by atoms with E-state index >= 15 is 0 Å². The zero-order valence-corrected chi connectivity index (χ0v) is 7.93. The number of rotatable bonds is 1. The molecule has 0 radical (unpaired) electrons. The fourth-order valence-corrected chi connectivity index (χ4v) is 1.63. The molecular formula is C10H11ClO. The van der Waals surface area contributed by atoms with Gasteiger partial charge in [-0.1, -0.05) is 29.8 Å². The molecule has 0 spiro atoms. The molecule has 0 N–H and O–H groups in total. The number of ether oxygens (including phenoxy) is 1. The van der Waals surface area contributed by atoms with Crippen LogP contribution in [0, 0.1) is 0 Å². The number of benzene rings is 1. The van der Waals surface area contributed by atoms with Gasteiger partial charge in [-0.3, -0.25) is 0 Å². The first kappa shape index (κ1) is 8.09. The van der Waals surface area contributed by atoms with Crippen LogP contribution in [-0.4, -0.2) is 5.60 Å². The van der Waals surface area contributed by atoms with Gasteiger partial charge in [0.25, 0.3) is 0 Å². The Morgan fingerprint density at radius 2 is 1.92 bits per heavy atom. The molecule has 1 aliphatic rings. The first-order chi connectivity index (χ1) is 5.61. The van der Waals surface area contributed by atoms with Crippen molar-refractivity contribution < 1.29 is 4.74 Å². The lowest BCUT2D eigenvalue weighted by atomic mass is 10.0. The maximum absolute atomic E-state index is 6.01. The van der Waals surface area contributed by atoms with Crippen molar-refractivity contribution in [1.29, 1.82) is 0 Å².